The first-order valence-corrected chi connectivity index (χ1v) is 6.42. The second kappa shape index (κ2) is 5.98. The van der Waals surface area contributed by atoms with Crippen LogP contribution in [0.2, 0.25) is 0 Å². The number of rotatable bonds is 4. The Hall–Kier alpha value is -1.39. The summed E-state index contributed by atoms with van der Waals surface area (Å²) in [4.78, 5) is 14.1. The Bertz CT molecular complexity index is 420. The van der Waals surface area contributed by atoms with Gasteiger partial charge in [0.25, 0.3) is 5.91 Å². The van der Waals surface area contributed by atoms with E-state index in [1.165, 1.54) is 0 Å². The number of ether oxygens (including phenoxy) is 1. The van der Waals surface area contributed by atoms with Gasteiger partial charge < -0.3 is 15.4 Å². The minimum atomic E-state index is -0.331. The number of carbonyl (C=O) groups is 1. The normalized spacial score (nSPS) is 20.2. The molecular weight excluding hydrogens is 228 g/mol. The number of morpholine rings is 1. The maximum atomic E-state index is 12.3. The molecular formula is C14H20N2O2. The lowest BCUT2D eigenvalue weighted by atomic mass is 10.1. The summed E-state index contributed by atoms with van der Waals surface area (Å²) in [5.74, 6) is 0.0558. The molecule has 1 heterocycles. The van der Waals surface area contributed by atoms with Crippen LogP contribution in [0.4, 0.5) is 5.69 Å². The third-order valence-electron chi connectivity index (χ3n) is 3.16. The second-order valence-corrected chi connectivity index (χ2v) is 4.62. The van der Waals surface area contributed by atoms with Crippen molar-refractivity contribution in [2.75, 3.05) is 24.6 Å². The van der Waals surface area contributed by atoms with E-state index in [-0.39, 0.29) is 12.0 Å². The molecule has 1 aliphatic heterocycles. The Labute approximate surface area is 108 Å². The number of hydrogen-bond acceptors (Lipinski definition) is 3. The maximum Gasteiger partial charge on any atom is 0.256 e. The highest BCUT2D eigenvalue weighted by molar-refractivity contribution is 5.97. The number of aryl methyl sites for hydroxylation is 1. The van der Waals surface area contributed by atoms with E-state index in [9.17, 15) is 4.79 Å². The number of carbonyl (C=O) groups excluding carboxylic acids is 1. The Kier molecular flexibility index (Phi) is 4.33. The third-order valence-corrected chi connectivity index (χ3v) is 3.16. The van der Waals surface area contributed by atoms with Gasteiger partial charge in [0.15, 0.2) is 0 Å². The SMILES string of the molecule is Cc1cccc(N2CCOC(CCCN)C2=O)c1. The first-order valence-electron chi connectivity index (χ1n) is 6.42. The van der Waals surface area contributed by atoms with E-state index in [1.54, 1.807) is 0 Å². The Morgan fingerprint density at radius 1 is 1.50 bits per heavy atom. The van der Waals surface area contributed by atoms with Gasteiger partial charge in [0.05, 0.1) is 6.61 Å². The number of amides is 1. The largest absolute Gasteiger partial charge is 0.367 e. The Morgan fingerprint density at radius 2 is 2.33 bits per heavy atom. The summed E-state index contributed by atoms with van der Waals surface area (Å²) in [6, 6.07) is 8.00. The molecule has 1 aromatic rings. The van der Waals surface area contributed by atoms with Gasteiger partial charge in [-0.15, -0.1) is 0 Å². The summed E-state index contributed by atoms with van der Waals surface area (Å²) in [5, 5.41) is 0. The van der Waals surface area contributed by atoms with Gasteiger partial charge in [-0.1, -0.05) is 12.1 Å². The molecule has 1 aromatic carbocycles. The molecule has 1 atom stereocenters. The lowest BCUT2D eigenvalue weighted by Gasteiger charge is -2.32. The zero-order chi connectivity index (χ0) is 13.0. The van der Waals surface area contributed by atoms with Crippen molar-refractivity contribution in [2.24, 2.45) is 5.73 Å². The van der Waals surface area contributed by atoms with Crippen LogP contribution in [0.25, 0.3) is 0 Å². The molecule has 2 rings (SSSR count). The first kappa shape index (κ1) is 13.1. The summed E-state index contributed by atoms with van der Waals surface area (Å²) in [6.07, 6.45) is 1.19. The van der Waals surface area contributed by atoms with Crippen LogP contribution < -0.4 is 10.6 Å². The van der Waals surface area contributed by atoms with E-state index in [0.29, 0.717) is 26.1 Å². The molecule has 4 nitrogen and oxygen atoms in total. The van der Waals surface area contributed by atoms with Crippen molar-refractivity contribution in [3.63, 3.8) is 0 Å². The van der Waals surface area contributed by atoms with Gasteiger partial charge in [-0.25, -0.2) is 0 Å². The zero-order valence-electron chi connectivity index (χ0n) is 10.8. The quantitative estimate of drug-likeness (QED) is 0.877. The molecule has 1 aliphatic rings. The highest BCUT2D eigenvalue weighted by Gasteiger charge is 2.29. The van der Waals surface area contributed by atoms with Gasteiger partial charge >= 0.3 is 0 Å². The number of nitrogens with zero attached hydrogens (tertiary/aromatic N) is 1. The van der Waals surface area contributed by atoms with Crippen LogP contribution in [0.1, 0.15) is 18.4 Å². The van der Waals surface area contributed by atoms with Crippen molar-refractivity contribution in [1.29, 1.82) is 0 Å². The zero-order valence-corrected chi connectivity index (χ0v) is 10.8. The van der Waals surface area contributed by atoms with E-state index in [4.69, 9.17) is 10.5 Å². The summed E-state index contributed by atoms with van der Waals surface area (Å²) >= 11 is 0. The average molecular weight is 248 g/mol. The fourth-order valence-corrected chi connectivity index (χ4v) is 2.20. The van der Waals surface area contributed by atoms with Crippen LogP contribution in [0.5, 0.6) is 0 Å². The summed E-state index contributed by atoms with van der Waals surface area (Å²) in [7, 11) is 0. The summed E-state index contributed by atoms with van der Waals surface area (Å²) < 4.78 is 5.53. The van der Waals surface area contributed by atoms with Gasteiger partial charge in [0.2, 0.25) is 0 Å². The van der Waals surface area contributed by atoms with Gasteiger partial charge in [-0.2, -0.15) is 0 Å². The van der Waals surface area contributed by atoms with Crippen molar-refractivity contribution in [2.45, 2.75) is 25.9 Å². The van der Waals surface area contributed by atoms with Crippen LogP contribution in [-0.4, -0.2) is 31.7 Å². The van der Waals surface area contributed by atoms with E-state index in [2.05, 4.69) is 0 Å². The minimum Gasteiger partial charge on any atom is -0.367 e. The molecule has 18 heavy (non-hydrogen) atoms. The molecule has 0 radical (unpaired) electrons. The fourth-order valence-electron chi connectivity index (χ4n) is 2.20. The van der Waals surface area contributed by atoms with Crippen molar-refractivity contribution < 1.29 is 9.53 Å². The van der Waals surface area contributed by atoms with E-state index in [1.807, 2.05) is 36.1 Å². The molecule has 0 aliphatic carbocycles. The number of hydrogen-bond donors (Lipinski definition) is 1. The Morgan fingerprint density at radius 3 is 3.06 bits per heavy atom. The van der Waals surface area contributed by atoms with Crippen LogP contribution in [0, 0.1) is 6.92 Å². The van der Waals surface area contributed by atoms with Gasteiger partial charge in [0.1, 0.15) is 6.10 Å². The van der Waals surface area contributed by atoms with E-state index >= 15 is 0 Å². The predicted octanol–water partition coefficient (Wildman–Crippen LogP) is 1.47. The molecule has 0 bridgehead atoms. The molecule has 1 unspecified atom stereocenters. The maximum absolute atomic E-state index is 12.3. The van der Waals surface area contributed by atoms with Crippen molar-refractivity contribution in [3.8, 4) is 0 Å². The van der Waals surface area contributed by atoms with Crippen molar-refractivity contribution >= 4 is 11.6 Å². The molecule has 2 N–H and O–H groups in total. The van der Waals surface area contributed by atoms with Gasteiger partial charge in [0, 0.05) is 12.2 Å². The fraction of sp³-hybridized carbons (Fsp3) is 0.500. The van der Waals surface area contributed by atoms with Crippen LogP contribution in [0.15, 0.2) is 24.3 Å². The lowest BCUT2D eigenvalue weighted by Crippen LogP contribution is -2.48. The highest BCUT2D eigenvalue weighted by atomic mass is 16.5. The number of benzene rings is 1. The predicted molar refractivity (Wildman–Crippen MR) is 71.6 cm³/mol. The molecule has 0 spiro atoms. The second-order valence-electron chi connectivity index (χ2n) is 4.62. The average Bonchev–Trinajstić information content (AvgIpc) is 2.37. The van der Waals surface area contributed by atoms with Crippen LogP contribution in [-0.2, 0) is 9.53 Å². The molecule has 0 aromatic heterocycles. The van der Waals surface area contributed by atoms with Gasteiger partial charge in [-0.3, -0.25) is 4.79 Å². The number of anilines is 1. The Balaban J connectivity index is 2.11. The molecule has 98 valence electrons. The standard InChI is InChI=1S/C14H20N2O2/c1-11-4-2-5-12(10-11)16-8-9-18-13(14(16)17)6-3-7-15/h2,4-5,10,13H,3,6-9,15H2,1H3. The first-order chi connectivity index (χ1) is 8.72. The number of nitrogens with two attached hydrogens (primary N) is 1. The van der Waals surface area contributed by atoms with E-state index in [0.717, 1.165) is 17.7 Å². The molecule has 1 fully saturated rings. The summed E-state index contributed by atoms with van der Waals surface area (Å²) in [5.41, 5.74) is 7.59. The molecule has 4 heteroatoms. The highest BCUT2D eigenvalue weighted by Crippen LogP contribution is 2.21. The van der Waals surface area contributed by atoms with Crippen molar-refractivity contribution in [1.82, 2.24) is 0 Å². The minimum absolute atomic E-state index is 0.0558. The monoisotopic (exact) mass is 248 g/mol. The smallest absolute Gasteiger partial charge is 0.256 e. The third kappa shape index (κ3) is 2.89. The van der Waals surface area contributed by atoms with Crippen LogP contribution in [0.3, 0.4) is 0 Å². The van der Waals surface area contributed by atoms with Gasteiger partial charge in [-0.05, 0) is 44.0 Å². The molecule has 1 saturated heterocycles. The summed E-state index contributed by atoms with van der Waals surface area (Å²) in [6.45, 7) is 3.84. The van der Waals surface area contributed by atoms with Crippen molar-refractivity contribution in [3.05, 3.63) is 29.8 Å². The topological polar surface area (TPSA) is 55.6 Å². The lowest BCUT2D eigenvalue weighted by molar-refractivity contribution is -0.134. The van der Waals surface area contributed by atoms with E-state index < -0.39 is 0 Å². The van der Waals surface area contributed by atoms with Crippen LogP contribution >= 0.6 is 0 Å². The molecule has 1 amide bonds. The molecule has 0 saturated carbocycles.